The number of carboxylic acid groups (broad SMARTS) is 1. The number of carboxylic acids is 1. The van der Waals surface area contributed by atoms with Gasteiger partial charge in [0.25, 0.3) is 0 Å². The van der Waals surface area contributed by atoms with E-state index in [1.807, 2.05) is 13.8 Å². The lowest BCUT2D eigenvalue weighted by atomic mass is 9.95. The van der Waals surface area contributed by atoms with Crippen molar-refractivity contribution < 1.29 is 19.4 Å². The molecule has 1 aliphatic rings. The first-order valence-corrected chi connectivity index (χ1v) is 7.14. The fourth-order valence-electron chi connectivity index (χ4n) is 2.40. The van der Waals surface area contributed by atoms with Crippen molar-refractivity contribution in [2.45, 2.75) is 64.1 Å². The van der Waals surface area contributed by atoms with Gasteiger partial charge in [-0.15, -0.1) is 0 Å². The largest absolute Gasteiger partial charge is 0.480 e. The molecule has 19 heavy (non-hydrogen) atoms. The van der Waals surface area contributed by atoms with Gasteiger partial charge in [-0.3, -0.25) is 10.1 Å². The molecule has 1 aliphatic heterocycles. The van der Waals surface area contributed by atoms with E-state index in [9.17, 15) is 9.90 Å². The summed E-state index contributed by atoms with van der Waals surface area (Å²) in [7, 11) is 0. The first-order chi connectivity index (χ1) is 8.94. The Morgan fingerprint density at radius 2 is 2.32 bits per heavy atom. The number of nitrogens with one attached hydrogen (secondary N) is 1. The van der Waals surface area contributed by atoms with Gasteiger partial charge in [0.1, 0.15) is 5.54 Å². The first-order valence-electron chi connectivity index (χ1n) is 7.14. The number of hydrogen-bond donors (Lipinski definition) is 2. The van der Waals surface area contributed by atoms with Crippen molar-refractivity contribution in [2.24, 2.45) is 0 Å². The summed E-state index contributed by atoms with van der Waals surface area (Å²) < 4.78 is 11.0. The Labute approximate surface area is 115 Å². The minimum absolute atomic E-state index is 0.147. The molecule has 5 nitrogen and oxygen atoms in total. The third-order valence-corrected chi connectivity index (χ3v) is 3.37. The summed E-state index contributed by atoms with van der Waals surface area (Å²) in [6, 6.07) is 0.147. The quantitative estimate of drug-likeness (QED) is 0.627. The van der Waals surface area contributed by atoms with Crippen LogP contribution < -0.4 is 5.32 Å². The standard InChI is InChI=1S/C14H27NO4/c1-11(2)15-14(3,13(16)17)7-5-8-18-10-12-6-4-9-19-12/h11-12,15H,4-10H2,1-3H3,(H,16,17). The smallest absolute Gasteiger partial charge is 0.323 e. The molecule has 5 heteroatoms. The Kier molecular flexibility index (Phi) is 6.75. The van der Waals surface area contributed by atoms with Gasteiger partial charge in [0.15, 0.2) is 0 Å². The average Bonchev–Trinajstić information content (AvgIpc) is 2.80. The van der Waals surface area contributed by atoms with E-state index in [0.717, 1.165) is 25.9 Å². The van der Waals surface area contributed by atoms with E-state index in [2.05, 4.69) is 5.32 Å². The van der Waals surface area contributed by atoms with E-state index >= 15 is 0 Å². The summed E-state index contributed by atoms with van der Waals surface area (Å²) in [6.07, 6.45) is 3.71. The van der Waals surface area contributed by atoms with Crippen LogP contribution in [0.25, 0.3) is 0 Å². The van der Waals surface area contributed by atoms with Gasteiger partial charge in [-0.2, -0.15) is 0 Å². The van der Waals surface area contributed by atoms with E-state index in [1.54, 1.807) is 6.92 Å². The van der Waals surface area contributed by atoms with E-state index in [1.165, 1.54) is 0 Å². The first kappa shape index (κ1) is 16.4. The maximum atomic E-state index is 11.3. The number of rotatable bonds is 9. The van der Waals surface area contributed by atoms with Gasteiger partial charge in [-0.1, -0.05) is 0 Å². The van der Waals surface area contributed by atoms with Crippen molar-refractivity contribution in [2.75, 3.05) is 19.8 Å². The number of ether oxygens (including phenoxy) is 2. The van der Waals surface area contributed by atoms with Gasteiger partial charge in [0, 0.05) is 19.3 Å². The van der Waals surface area contributed by atoms with Crippen LogP contribution in [0.2, 0.25) is 0 Å². The van der Waals surface area contributed by atoms with E-state index in [4.69, 9.17) is 9.47 Å². The van der Waals surface area contributed by atoms with E-state index in [0.29, 0.717) is 19.6 Å². The molecule has 0 saturated carbocycles. The molecular formula is C14H27NO4. The molecule has 0 aliphatic carbocycles. The van der Waals surface area contributed by atoms with Crippen molar-refractivity contribution in [3.63, 3.8) is 0 Å². The Bertz CT molecular complexity index is 277. The molecule has 0 bridgehead atoms. The van der Waals surface area contributed by atoms with Crippen molar-refractivity contribution in [1.82, 2.24) is 5.32 Å². The highest BCUT2D eigenvalue weighted by Crippen LogP contribution is 2.15. The van der Waals surface area contributed by atoms with Crippen LogP contribution >= 0.6 is 0 Å². The maximum Gasteiger partial charge on any atom is 0.323 e. The molecule has 0 aromatic heterocycles. The van der Waals surface area contributed by atoms with Gasteiger partial charge in [-0.25, -0.2) is 0 Å². The zero-order valence-electron chi connectivity index (χ0n) is 12.3. The summed E-state index contributed by atoms with van der Waals surface area (Å²) in [6.45, 7) is 7.69. The second kappa shape index (κ2) is 7.82. The summed E-state index contributed by atoms with van der Waals surface area (Å²) in [5.41, 5.74) is -0.874. The third kappa shape index (κ3) is 5.89. The minimum atomic E-state index is -0.874. The zero-order valence-corrected chi connectivity index (χ0v) is 12.3. The predicted octanol–water partition coefficient (Wildman–Crippen LogP) is 1.80. The van der Waals surface area contributed by atoms with E-state index < -0.39 is 11.5 Å². The highest BCUT2D eigenvalue weighted by atomic mass is 16.5. The molecular weight excluding hydrogens is 246 g/mol. The summed E-state index contributed by atoms with van der Waals surface area (Å²) in [4.78, 5) is 11.3. The Morgan fingerprint density at radius 1 is 1.58 bits per heavy atom. The molecule has 112 valence electrons. The van der Waals surface area contributed by atoms with Crippen LogP contribution in [-0.2, 0) is 14.3 Å². The molecule has 0 aromatic rings. The molecule has 1 fully saturated rings. The molecule has 1 rings (SSSR count). The van der Waals surface area contributed by atoms with Crippen LogP contribution in [0.1, 0.15) is 46.5 Å². The van der Waals surface area contributed by atoms with Crippen molar-refractivity contribution >= 4 is 5.97 Å². The van der Waals surface area contributed by atoms with Gasteiger partial charge >= 0.3 is 5.97 Å². The van der Waals surface area contributed by atoms with Crippen LogP contribution in [0.5, 0.6) is 0 Å². The second-order valence-corrected chi connectivity index (χ2v) is 5.75. The van der Waals surface area contributed by atoms with Crippen LogP contribution in [0.15, 0.2) is 0 Å². The van der Waals surface area contributed by atoms with Crippen LogP contribution in [0.3, 0.4) is 0 Å². The zero-order chi connectivity index (χ0) is 14.3. The lowest BCUT2D eigenvalue weighted by molar-refractivity contribution is -0.145. The normalized spacial score (nSPS) is 22.6. The molecule has 0 radical (unpaired) electrons. The number of carbonyl (C=O) groups is 1. The van der Waals surface area contributed by atoms with Crippen LogP contribution in [-0.4, -0.2) is 48.6 Å². The van der Waals surface area contributed by atoms with Gasteiger partial charge < -0.3 is 14.6 Å². The monoisotopic (exact) mass is 273 g/mol. The summed E-state index contributed by atoms with van der Waals surface area (Å²) in [5, 5.41) is 12.4. The maximum absolute atomic E-state index is 11.3. The fraction of sp³-hybridized carbons (Fsp3) is 0.929. The average molecular weight is 273 g/mol. The fourth-order valence-corrected chi connectivity index (χ4v) is 2.40. The molecule has 1 saturated heterocycles. The lowest BCUT2D eigenvalue weighted by Gasteiger charge is -2.28. The Balaban J connectivity index is 2.18. The van der Waals surface area contributed by atoms with Crippen LogP contribution in [0.4, 0.5) is 0 Å². The topological polar surface area (TPSA) is 67.8 Å². The predicted molar refractivity (Wildman–Crippen MR) is 73.3 cm³/mol. The number of hydrogen-bond acceptors (Lipinski definition) is 4. The van der Waals surface area contributed by atoms with Crippen molar-refractivity contribution in [1.29, 1.82) is 0 Å². The van der Waals surface area contributed by atoms with Gasteiger partial charge in [-0.05, 0) is 46.5 Å². The van der Waals surface area contributed by atoms with Crippen LogP contribution in [0, 0.1) is 0 Å². The second-order valence-electron chi connectivity index (χ2n) is 5.75. The van der Waals surface area contributed by atoms with Gasteiger partial charge in [0.2, 0.25) is 0 Å². The molecule has 1 heterocycles. The van der Waals surface area contributed by atoms with Crippen molar-refractivity contribution in [3.8, 4) is 0 Å². The molecule has 2 atom stereocenters. The SMILES string of the molecule is CC(C)NC(C)(CCCOCC1CCCO1)C(=O)O. The number of aliphatic carboxylic acids is 1. The highest BCUT2D eigenvalue weighted by Gasteiger charge is 2.32. The molecule has 2 N–H and O–H groups in total. The molecule has 2 unspecified atom stereocenters. The molecule has 0 aromatic carbocycles. The summed E-state index contributed by atoms with van der Waals surface area (Å²) in [5.74, 6) is -0.805. The van der Waals surface area contributed by atoms with Crippen molar-refractivity contribution in [3.05, 3.63) is 0 Å². The van der Waals surface area contributed by atoms with E-state index in [-0.39, 0.29) is 12.1 Å². The molecule has 0 spiro atoms. The lowest BCUT2D eigenvalue weighted by Crippen LogP contribution is -2.52. The van der Waals surface area contributed by atoms with Gasteiger partial charge in [0.05, 0.1) is 12.7 Å². The third-order valence-electron chi connectivity index (χ3n) is 3.37. The summed E-state index contributed by atoms with van der Waals surface area (Å²) >= 11 is 0. The Morgan fingerprint density at radius 3 is 2.84 bits per heavy atom. The Hall–Kier alpha value is -0.650. The highest BCUT2D eigenvalue weighted by molar-refractivity contribution is 5.78. The minimum Gasteiger partial charge on any atom is -0.480 e. The molecule has 0 amide bonds.